The molecule has 1 aromatic carbocycles. The molecule has 142 valence electrons. The van der Waals surface area contributed by atoms with Crippen LogP contribution in [0.5, 0.6) is 0 Å². The van der Waals surface area contributed by atoms with Crippen molar-refractivity contribution < 1.29 is 9.59 Å². The number of rotatable bonds is 6. The fraction of sp³-hybridized carbons (Fsp3) is 0.619. The molecule has 5 heteroatoms. The van der Waals surface area contributed by atoms with E-state index >= 15 is 0 Å². The van der Waals surface area contributed by atoms with Crippen LogP contribution in [-0.2, 0) is 16.1 Å². The predicted octanol–water partition coefficient (Wildman–Crippen LogP) is 2.27. The third-order valence-corrected chi connectivity index (χ3v) is 5.35. The van der Waals surface area contributed by atoms with Gasteiger partial charge in [-0.2, -0.15) is 0 Å². The lowest BCUT2D eigenvalue weighted by Crippen LogP contribution is -2.46. The summed E-state index contributed by atoms with van der Waals surface area (Å²) >= 11 is 0. The highest BCUT2D eigenvalue weighted by Gasteiger charge is 2.35. The number of benzene rings is 1. The van der Waals surface area contributed by atoms with Crippen molar-refractivity contribution in [1.82, 2.24) is 15.1 Å². The number of nitrogens with zero attached hydrogens (tertiary/aromatic N) is 2. The zero-order valence-corrected chi connectivity index (χ0v) is 16.0. The van der Waals surface area contributed by atoms with Crippen LogP contribution in [0.25, 0.3) is 0 Å². The molecule has 0 aromatic heterocycles. The highest BCUT2D eigenvalue weighted by atomic mass is 16.2. The summed E-state index contributed by atoms with van der Waals surface area (Å²) in [6.45, 7) is 8.51. The maximum Gasteiger partial charge on any atom is 0.225 e. The molecule has 1 N–H and O–H groups in total. The van der Waals surface area contributed by atoms with Crippen molar-refractivity contribution in [2.24, 2.45) is 11.8 Å². The molecule has 5 nitrogen and oxygen atoms in total. The average Bonchev–Trinajstić information content (AvgIpc) is 2.98. The molecule has 0 saturated carbocycles. The number of piperidine rings is 1. The zero-order valence-electron chi connectivity index (χ0n) is 16.0. The van der Waals surface area contributed by atoms with E-state index in [9.17, 15) is 9.59 Å². The minimum atomic E-state index is -0.177. The van der Waals surface area contributed by atoms with Crippen LogP contribution in [0, 0.1) is 11.8 Å². The van der Waals surface area contributed by atoms with Gasteiger partial charge in [-0.05, 0) is 24.3 Å². The van der Waals surface area contributed by atoms with Crippen LogP contribution in [0.3, 0.4) is 0 Å². The van der Waals surface area contributed by atoms with E-state index in [-0.39, 0.29) is 23.8 Å². The van der Waals surface area contributed by atoms with Crippen LogP contribution in [0.2, 0.25) is 0 Å². The van der Waals surface area contributed by atoms with Crippen molar-refractivity contribution in [1.29, 1.82) is 0 Å². The van der Waals surface area contributed by atoms with Crippen LogP contribution in [0.1, 0.15) is 38.7 Å². The second kappa shape index (κ2) is 8.67. The van der Waals surface area contributed by atoms with E-state index in [1.165, 1.54) is 5.56 Å². The van der Waals surface area contributed by atoms with Crippen LogP contribution in [0.15, 0.2) is 30.3 Å². The molecular formula is C21H31N3O2. The largest absolute Gasteiger partial charge is 0.353 e. The summed E-state index contributed by atoms with van der Waals surface area (Å²) in [6, 6.07) is 10.8. The molecule has 0 radical (unpaired) electrons. The first-order valence-corrected chi connectivity index (χ1v) is 9.85. The van der Waals surface area contributed by atoms with Gasteiger partial charge in [-0.25, -0.2) is 0 Å². The number of likely N-dealkylation sites (tertiary alicyclic amines) is 2. The summed E-state index contributed by atoms with van der Waals surface area (Å²) in [7, 11) is 0. The summed E-state index contributed by atoms with van der Waals surface area (Å²) in [5.74, 6) is 0.445. The second-order valence-electron chi connectivity index (χ2n) is 8.14. The molecule has 0 aliphatic carbocycles. The van der Waals surface area contributed by atoms with Crippen LogP contribution in [0.4, 0.5) is 0 Å². The summed E-state index contributed by atoms with van der Waals surface area (Å²) in [5.41, 5.74) is 1.34. The second-order valence-corrected chi connectivity index (χ2v) is 8.14. The molecule has 2 heterocycles. The van der Waals surface area contributed by atoms with E-state index in [1.54, 1.807) is 0 Å². The van der Waals surface area contributed by atoms with Gasteiger partial charge in [0, 0.05) is 45.2 Å². The fourth-order valence-corrected chi connectivity index (χ4v) is 3.96. The standard InChI is InChI=1S/C21H31N3O2/c1-16(2)13-24-15-18(12-20(24)25)21(26)22-19-8-10-23(11-9-19)14-17-6-4-3-5-7-17/h3-7,16,18-19H,8-15H2,1-2H3,(H,22,26)/t18-/m1/s1. The van der Waals surface area contributed by atoms with Gasteiger partial charge in [0.25, 0.3) is 0 Å². The Hall–Kier alpha value is -1.88. The molecule has 2 aliphatic heterocycles. The Balaban J connectivity index is 1.42. The first-order chi connectivity index (χ1) is 12.5. The van der Waals surface area contributed by atoms with E-state index in [4.69, 9.17) is 0 Å². The molecule has 2 amide bonds. The number of carbonyl (C=O) groups is 2. The van der Waals surface area contributed by atoms with E-state index in [1.807, 2.05) is 11.0 Å². The average molecular weight is 357 g/mol. The SMILES string of the molecule is CC(C)CN1C[C@H](C(=O)NC2CCN(Cc3ccccc3)CC2)CC1=O. The zero-order chi connectivity index (χ0) is 18.5. The Morgan fingerprint density at radius 2 is 1.88 bits per heavy atom. The number of carbonyl (C=O) groups excluding carboxylic acids is 2. The molecule has 26 heavy (non-hydrogen) atoms. The van der Waals surface area contributed by atoms with Gasteiger partial charge < -0.3 is 10.2 Å². The van der Waals surface area contributed by atoms with Gasteiger partial charge >= 0.3 is 0 Å². The van der Waals surface area contributed by atoms with Crippen molar-refractivity contribution in [2.45, 2.75) is 45.7 Å². The van der Waals surface area contributed by atoms with E-state index in [0.29, 0.717) is 18.9 Å². The smallest absolute Gasteiger partial charge is 0.225 e. The van der Waals surface area contributed by atoms with Crippen LogP contribution < -0.4 is 5.32 Å². The quantitative estimate of drug-likeness (QED) is 0.850. The molecule has 2 fully saturated rings. The third kappa shape index (κ3) is 5.07. The minimum Gasteiger partial charge on any atom is -0.353 e. The molecule has 1 atom stereocenters. The van der Waals surface area contributed by atoms with Gasteiger partial charge in [-0.3, -0.25) is 14.5 Å². The summed E-state index contributed by atoms with van der Waals surface area (Å²) in [4.78, 5) is 28.9. The van der Waals surface area contributed by atoms with Crippen LogP contribution >= 0.6 is 0 Å². The molecule has 2 aliphatic rings. The summed E-state index contributed by atoms with van der Waals surface area (Å²) < 4.78 is 0. The molecule has 0 spiro atoms. The fourth-order valence-electron chi connectivity index (χ4n) is 3.96. The van der Waals surface area contributed by atoms with Crippen molar-refractivity contribution in [3.63, 3.8) is 0 Å². The molecule has 0 bridgehead atoms. The third-order valence-electron chi connectivity index (χ3n) is 5.35. The lowest BCUT2D eigenvalue weighted by Gasteiger charge is -2.32. The summed E-state index contributed by atoms with van der Waals surface area (Å²) in [5, 5.41) is 3.20. The Labute approximate surface area is 156 Å². The lowest BCUT2D eigenvalue weighted by atomic mass is 10.0. The van der Waals surface area contributed by atoms with Gasteiger partial charge in [0.05, 0.1) is 5.92 Å². The highest BCUT2D eigenvalue weighted by molar-refractivity contribution is 5.89. The number of nitrogens with one attached hydrogen (secondary N) is 1. The predicted molar refractivity (Wildman–Crippen MR) is 102 cm³/mol. The maximum absolute atomic E-state index is 12.6. The van der Waals surface area contributed by atoms with Gasteiger partial charge in [0.2, 0.25) is 11.8 Å². The Morgan fingerprint density at radius 1 is 1.19 bits per heavy atom. The highest BCUT2D eigenvalue weighted by Crippen LogP contribution is 2.20. The minimum absolute atomic E-state index is 0.0612. The Bertz CT molecular complexity index is 609. The monoisotopic (exact) mass is 357 g/mol. The van der Waals surface area contributed by atoms with E-state index < -0.39 is 0 Å². The Morgan fingerprint density at radius 3 is 2.54 bits per heavy atom. The van der Waals surface area contributed by atoms with Gasteiger partial charge in [0.1, 0.15) is 0 Å². The topological polar surface area (TPSA) is 52.7 Å². The molecule has 3 rings (SSSR count). The molecular weight excluding hydrogens is 326 g/mol. The van der Waals surface area contributed by atoms with Gasteiger partial charge in [-0.1, -0.05) is 44.2 Å². The van der Waals surface area contributed by atoms with Crippen molar-refractivity contribution in [3.8, 4) is 0 Å². The normalized spacial score (nSPS) is 22.2. The van der Waals surface area contributed by atoms with Gasteiger partial charge in [-0.15, -0.1) is 0 Å². The number of amides is 2. The number of hydrogen-bond acceptors (Lipinski definition) is 3. The van der Waals surface area contributed by atoms with E-state index in [0.717, 1.165) is 39.0 Å². The van der Waals surface area contributed by atoms with Gasteiger partial charge in [0.15, 0.2) is 0 Å². The molecule has 0 unspecified atom stereocenters. The van der Waals surface area contributed by atoms with Crippen molar-refractivity contribution >= 4 is 11.8 Å². The Kier molecular flexibility index (Phi) is 6.30. The molecule has 2 saturated heterocycles. The maximum atomic E-state index is 12.6. The van der Waals surface area contributed by atoms with Crippen molar-refractivity contribution in [2.75, 3.05) is 26.2 Å². The molecule has 1 aromatic rings. The number of hydrogen-bond donors (Lipinski definition) is 1. The van der Waals surface area contributed by atoms with E-state index in [2.05, 4.69) is 48.3 Å². The first-order valence-electron chi connectivity index (χ1n) is 9.85. The lowest BCUT2D eigenvalue weighted by molar-refractivity contribution is -0.129. The first kappa shape index (κ1) is 18.9. The van der Waals surface area contributed by atoms with Crippen LogP contribution in [-0.4, -0.2) is 53.8 Å². The summed E-state index contributed by atoms with van der Waals surface area (Å²) in [6.07, 6.45) is 2.33. The van der Waals surface area contributed by atoms with Crippen molar-refractivity contribution in [3.05, 3.63) is 35.9 Å².